The Bertz CT molecular complexity index is 1240. The molecule has 0 amide bonds. The fourth-order valence-electron chi connectivity index (χ4n) is 2.30. The Hall–Kier alpha value is -3.23. The number of nitriles is 1. The van der Waals surface area contributed by atoms with Crippen LogP contribution in [0.5, 0.6) is 0 Å². The van der Waals surface area contributed by atoms with Crippen LogP contribution in [0.3, 0.4) is 0 Å². The van der Waals surface area contributed by atoms with E-state index < -0.39 is 15.1 Å². The Morgan fingerprint density at radius 3 is 2.00 bits per heavy atom. The molecule has 13 heteroatoms. The molecule has 0 fully saturated rings. The first kappa shape index (κ1) is 24.0. The molecule has 2 N–H and O–H groups in total. The third kappa shape index (κ3) is 5.68. The number of non-ortho nitro benzene ring substituents is 2. The smallest absolute Gasteiger partial charge is 0.270 e. The van der Waals surface area contributed by atoms with Gasteiger partial charge in [0.15, 0.2) is 0 Å². The maximum Gasteiger partial charge on any atom is 0.270 e. The zero-order valence-electron chi connectivity index (χ0n) is 15.0. The third-order valence-electron chi connectivity index (χ3n) is 3.76. The number of thiophene rings is 1. The number of hydrogen-bond donors (Lipinski definition) is 1. The summed E-state index contributed by atoms with van der Waals surface area (Å²) in [5, 5.41) is 31.5. The highest BCUT2D eigenvalue weighted by molar-refractivity contribution is 7.14. The standard InChI is InChI=1S/C11H6ClN3O2S.C7H3Cl2NO3/c12-10-3-6(15(16)17)1-2-7(10)9-5-18-11(14)8(9)4-13;8-6-3-4(10(12)13)1-2-5(6)7(9)11/h1-3,5H,14H2;1-3H. The highest BCUT2D eigenvalue weighted by Gasteiger charge is 2.16. The number of nitro groups is 2. The molecule has 0 aliphatic heterocycles. The monoisotopic (exact) mass is 498 g/mol. The molecule has 0 aliphatic rings. The topological polar surface area (TPSA) is 153 Å². The van der Waals surface area contributed by atoms with Gasteiger partial charge in [0.05, 0.1) is 31.0 Å². The molecule has 0 saturated carbocycles. The molecule has 2 aromatic carbocycles. The van der Waals surface area contributed by atoms with Gasteiger partial charge in [-0.3, -0.25) is 25.0 Å². The number of benzene rings is 2. The minimum absolute atomic E-state index is 0.0193. The lowest BCUT2D eigenvalue weighted by atomic mass is 10.0. The Kier molecular flexibility index (Phi) is 7.90. The quantitative estimate of drug-likeness (QED) is 0.260. The Morgan fingerprint density at radius 2 is 1.55 bits per heavy atom. The van der Waals surface area contributed by atoms with E-state index in [0.29, 0.717) is 21.7 Å². The number of nitrogen functional groups attached to an aromatic ring is 1. The first-order valence-electron chi connectivity index (χ1n) is 7.92. The highest BCUT2D eigenvalue weighted by atomic mass is 35.5. The van der Waals surface area contributed by atoms with Gasteiger partial charge in [-0.25, -0.2) is 0 Å². The van der Waals surface area contributed by atoms with Crippen LogP contribution in [0.15, 0.2) is 41.8 Å². The molecule has 9 nitrogen and oxygen atoms in total. The molecule has 0 spiro atoms. The van der Waals surface area contributed by atoms with Crippen LogP contribution in [0, 0.1) is 31.6 Å². The number of anilines is 1. The van der Waals surface area contributed by atoms with Crippen LogP contribution in [0.1, 0.15) is 15.9 Å². The lowest BCUT2D eigenvalue weighted by Gasteiger charge is -2.02. The molecule has 0 atom stereocenters. The first-order chi connectivity index (χ1) is 14.6. The number of nitrogens with zero attached hydrogens (tertiary/aromatic N) is 3. The molecular weight excluding hydrogens is 491 g/mol. The summed E-state index contributed by atoms with van der Waals surface area (Å²) in [5.74, 6) is 0. The predicted molar refractivity (Wildman–Crippen MR) is 119 cm³/mol. The van der Waals surface area contributed by atoms with Gasteiger partial charge in [-0.1, -0.05) is 23.2 Å². The zero-order valence-corrected chi connectivity index (χ0v) is 18.1. The van der Waals surface area contributed by atoms with Gasteiger partial charge in [0.1, 0.15) is 11.1 Å². The Morgan fingerprint density at radius 1 is 1.00 bits per heavy atom. The summed E-state index contributed by atoms with van der Waals surface area (Å²) < 4.78 is 0. The fraction of sp³-hybridized carbons (Fsp3) is 0. The van der Waals surface area contributed by atoms with E-state index in [0.717, 1.165) is 6.07 Å². The van der Waals surface area contributed by atoms with Gasteiger partial charge in [-0.15, -0.1) is 11.3 Å². The average molecular weight is 500 g/mol. The van der Waals surface area contributed by atoms with E-state index in [1.165, 1.54) is 41.7 Å². The number of halogens is 3. The number of nitrogens with two attached hydrogens (primary N) is 1. The SMILES string of the molecule is N#Cc1c(-c2ccc([N+](=O)[O-])cc2Cl)csc1N.O=C(Cl)c1ccc([N+](=O)[O-])cc1Cl. The van der Waals surface area contributed by atoms with Crippen molar-refractivity contribution in [2.75, 3.05) is 5.73 Å². The van der Waals surface area contributed by atoms with E-state index in [4.69, 9.17) is 45.8 Å². The van der Waals surface area contributed by atoms with Crippen LogP contribution in [0.2, 0.25) is 10.0 Å². The van der Waals surface area contributed by atoms with Crippen LogP contribution in [-0.4, -0.2) is 15.1 Å². The second-order valence-corrected chi connectivity index (χ2v) is 7.69. The maximum absolute atomic E-state index is 10.7. The zero-order chi connectivity index (χ0) is 23.3. The lowest BCUT2D eigenvalue weighted by molar-refractivity contribution is -0.385. The van der Waals surface area contributed by atoms with Crippen LogP contribution in [0.25, 0.3) is 11.1 Å². The number of rotatable bonds is 4. The van der Waals surface area contributed by atoms with Gasteiger partial charge in [-0.05, 0) is 23.7 Å². The van der Waals surface area contributed by atoms with Crippen molar-refractivity contribution in [1.82, 2.24) is 0 Å². The van der Waals surface area contributed by atoms with Crippen LogP contribution < -0.4 is 5.73 Å². The summed E-state index contributed by atoms with van der Waals surface area (Å²) in [6.07, 6.45) is 0. The number of hydrogen-bond acceptors (Lipinski definition) is 8. The summed E-state index contributed by atoms with van der Waals surface area (Å²) >= 11 is 17.9. The summed E-state index contributed by atoms with van der Waals surface area (Å²) in [4.78, 5) is 30.4. The normalized spacial score (nSPS) is 9.87. The van der Waals surface area contributed by atoms with Crippen molar-refractivity contribution < 1.29 is 14.6 Å². The third-order valence-corrected chi connectivity index (χ3v) is 5.40. The molecule has 3 aromatic rings. The van der Waals surface area contributed by atoms with E-state index >= 15 is 0 Å². The molecule has 0 unspecified atom stereocenters. The molecule has 1 aromatic heterocycles. The van der Waals surface area contributed by atoms with Crippen LogP contribution >= 0.6 is 46.1 Å². The second-order valence-electron chi connectivity index (χ2n) is 5.62. The molecule has 0 bridgehead atoms. The molecule has 3 rings (SSSR count). The molecule has 1 heterocycles. The minimum Gasteiger partial charge on any atom is -0.389 e. The Balaban J connectivity index is 0.000000233. The van der Waals surface area contributed by atoms with Crippen molar-refractivity contribution in [2.45, 2.75) is 0 Å². The van der Waals surface area contributed by atoms with Crippen molar-refractivity contribution in [3.05, 3.63) is 83.2 Å². The van der Waals surface area contributed by atoms with Crippen molar-refractivity contribution in [2.24, 2.45) is 0 Å². The predicted octanol–water partition coefficient (Wildman–Crippen LogP) is 6.06. The molecule has 31 heavy (non-hydrogen) atoms. The van der Waals surface area contributed by atoms with Crippen molar-refractivity contribution in [3.63, 3.8) is 0 Å². The van der Waals surface area contributed by atoms with Gasteiger partial charge in [0, 0.05) is 40.8 Å². The van der Waals surface area contributed by atoms with E-state index in [1.54, 1.807) is 5.38 Å². The molecule has 0 saturated heterocycles. The molecule has 0 radical (unpaired) electrons. The first-order valence-corrected chi connectivity index (χ1v) is 9.93. The molecular formula is C18H9Cl3N4O5S. The minimum atomic E-state index is -0.736. The lowest BCUT2D eigenvalue weighted by Crippen LogP contribution is -1.93. The largest absolute Gasteiger partial charge is 0.389 e. The van der Waals surface area contributed by atoms with E-state index in [2.05, 4.69) is 0 Å². The van der Waals surface area contributed by atoms with Gasteiger partial charge in [-0.2, -0.15) is 5.26 Å². The van der Waals surface area contributed by atoms with Gasteiger partial charge < -0.3 is 5.73 Å². The van der Waals surface area contributed by atoms with Crippen molar-refractivity contribution in [1.29, 1.82) is 5.26 Å². The van der Waals surface area contributed by atoms with E-state index in [9.17, 15) is 25.0 Å². The number of carbonyl (C=O) groups is 1. The number of carbonyl (C=O) groups excluding carboxylic acids is 1. The molecule has 0 aliphatic carbocycles. The van der Waals surface area contributed by atoms with Crippen LogP contribution in [-0.2, 0) is 0 Å². The average Bonchev–Trinajstić information content (AvgIpc) is 3.08. The van der Waals surface area contributed by atoms with Gasteiger partial charge in [0.25, 0.3) is 16.6 Å². The number of nitro benzene ring substituents is 2. The van der Waals surface area contributed by atoms with Gasteiger partial charge in [0.2, 0.25) is 0 Å². The van der Waals surface area contributed by atoms with E-state index in [-0.39, 0.29) is 27.0 Å². The summed E-state index contributed by atoms with van der Waals surface area (Å²) in [6.45, 7) is 0. The summed E-state index contributed by atoms with van der Waals surface area (Å²) in [5.41, 5.74) is 6.96. The molecule has 158 valence electrons. The second kappa shape index (κ2) is 10.2. The Labute approximate surface area is 193 Å². The van der Waals surface area contributed by atoms with Crippen LogP contribution in [0.4, 0.5) is 16.4 Å². The summed E-state index contributed by atoms with van der Waals surface area (Å²) in [6, 6.07) is 9.58. The van der Waals surface area contributed by atoms with Crippen molar-refractivity contribution in [3.8, 4) is 17.2 Å². The van der Waals surface area contributed by atoms with Crippen molar-refractivity contribution >= 4 is 67.8 Å². The highest BCUT2D eigenvalue weighted by Crippen LogP contribution is 2.38. The summed E-state index contributed by atoms with van der Waals surface area (Å²) in [7, 11) is 0. The van der Waals surface area contributed by atoms with E-state index in [1.807, 2.05) is 6.07 Å². The maximum atomic E-state index is 10.7. The fourth-order valence-corrected chi connectivity index (χ4v) is 3.81. The van der Waals surface area contributed by atoms with Gasteiger partial charge >= 0.3 is 0 Å².